The molecule has 0 rings (SSSR count). The van der Waals surface area contributed by atoms with Gasteiger partial charge in [0, 0.05) is 6.42 Å². The van der Waals surface area contributed by atoms with Gasteiger partial charge < -0.3 is 10.1 Å². The van der Waals surface area contributed by atoms with Crippen LogP contribution in [-0.2, 0) is 14.3 Å². The zero-order chi connectivity index (χ0) is 13.3. The number of amides is 1. The molecule has 0 aliphatic heterocycles. The lowest BCUT2D eigenvalue weighted by atomic mass is 10.1. The first-order chi connectivity index (χ1) is 8.01. The highest BCUT2D eigenvalue weighted by Gasteiger charge is 2.20. The zero-order valence-electron chi connectivity index (χ0n) is 11.0. The van der Waals surface area contributed by atoms with Gasteiger partial charge in [-0.2, -0.15) is 0 Å². The molecule has 1 N–H and O–H groups in total. The van der Waals surface area contributed by atoms with E-state index in [1.54, 1.807) is 6.08 Å². The van der Waals surface area contributed by atoms with Crippen LogP contribution in [0.15, 0.2) is 12.7 Å². The van der Waals surface area contributed by atoms with E-state index in [0.717, 1.165) is 12.8 Å². The summed E-state index contributed by atoms with van der Waals surface area (Å²) in [5.41, 5.74) is 0. The molecular formula is C13H23NO3. The van der Waals surface area contributed by atoms with E-state index >= 15 is 0 Å². The van der Waals surface area contributed by atoms with Crippen LogP contribution in [0.25, 0.3) is 0 Å². The summed E-state index contributed by atoms with van der Waals surface area (Å²) in [6.45, 7) is 7.54. The molecule has 0 aromatic heterocycles. The minimum absolute atomic E-state index is 0.103. The van der Waals surface area contributed by atoms with E-state index in [1.807, 2.05) is 13.8 Å². The first-order valence-electron chi connectivity index (χ1n) is 5.99. The van der Waals surface area contributed by atoms with Crippen LogP contribution in [0, 0.1) is 5.92 Å². The van der Waals surface area contributed by atoms with Crippen molar-refractivity contribution < 1.29 is 14.3 Å². The van der Waals surface area contributed by atoms with Crippen LogP contribution in [-0.4, -0.2) is 25.0 Å². The molecule has 4 heteroatoms. The molecule has 98 valence electrons. The van der Waals surface area contributed by atoms with Crippen molar-refractivity contribution in [3.63, 3.8) is 0 Å². The minimum Gasteiger partial charge on any atom is -0.467 e. The maximum atomic E-state index is 11.6. The van der Waals surface area contributed by atoms with Crippen LogP contribution in [0.4, 0.5) is 0 Å². The van der Waals surface area contributed by atoms with Gasteiger partial charge in [-0.1, -0.05) is 19.9 Å². The van der Waals surface area contributed by atoms with Crippen molar-refractivity contribution in [2.24, 2.45) is 5.92 Å². The van der Waals surface area contributed by atoms with Gasteiger partial charge in [0.05, 0.1) is 7.11 Å². The maximum absolute atomic E-state index is 11.6. The van der Waals surface area contributed by atoms with Crippen LogP contribution in [0.1, 0.15) is 39.5 Å². The third-order valence-electron chi connectivity index (χ3n) is 2.32. The third-order valence-corrected chi connectivity index (χ3v) is 2.32. The van der Waals surface area contributed by atoms with E-state index in [0.29, 0.717) is 12.8 Å². The predicted octanol–water partition coefficient (Wildman–Crippen LogP) is 2.05. The van der Waals surface area contributed by atoms with Crippen molar-refractivity contribution >= 4 is 11.9 Å². The SMILES string of the molecule is C=CCCC[C@@H](NC(=O)CC(C)C)C(=O)OC. The summed E-state index contributed by atoms with van der Waals surface area (Å²) in [6.07, 6.45) is 4.44. The summed E-state index contributed by atoms with van der Waals surface area (Å²) in [4.78, 5) is 23.0. The normalized spacial score (nSPS) is 12.0. The van der Waals surface area contributed by atoms with E-state index in [1.165, 1.54) is 7.11 Å². The smallest absolute Gasteiger partial charge is 0.328 e. The first-order valence-corrected chi connectivity index (χ1v) is 5.99. The highest BCUT2D eigenvalue weighted by atomic mass is 16.5. The largest absolute Gasteiger partial charge is 0.467 e. The average molecular weight is 241 g/mol. The van der Waals surface area contributed by atoms with Gasteiger partial charge in [-0.25, -0.2) is 4.79 Å². The second-order valence-electron chi connectivity index (χ2n) is 4.46. The number of hydrogen-bond acceptors (Lipinski definition) is 3. The maximum Gasteiger partial charge on any atom is 0.328 e. The molecule has 0 spiro atoms. The standard InChI is InChI=1S/C13H23NO3/c1-5-6-7-8-11(13(16)17-4)14-12(15)9-10(2)3/h5,10-11H,1,6-9H2,2-4H3,(H,14,15)/t11-/m1/s1. The molecule has 0 bridgehead atoms. The predicted molar refractivity (Wildman–Crippen MR) is 67.4 cm³/mol. The average Bonchev–Trinajstić information content (AvgIpc) is 2.26. The van der Waals surface area contributed by atoms with Gasteiger partial charge in [0.1, 0.15) is 6.04 Å². The Hall–Kier alpha value is -1.32. The number of hydrogen-bond donors (Lipinski definition) is 1. The lowest BCUT2D eigenvalue weighted by molar-refractivity contribution is -0.145. The fourth-order valence-corrected chi connectivity index (χ4v) is 1.48. The number of carbonyl (C=O) groups excluding carboxylic acids is 2. The molecule has 0 aromatic rings. The molecular weight excluding hydrogens is 218 g/mol. The first kappa shape index (κ1) is 15.7. The Morgan fingerprint density at radius 1 is 1.41 bits per heavy atom. The number of carbonyl (C=O) groups is 2. The minimum atomic E-state index is -0.536. The number of ether oxygens (including phenoxy) is 1. The second kappa shape index (κ2) is 8.79. The molecule has 1 amide bonds. The number of esters is 1. The number of nitrogens with one attached hydrogen (secondary N) is 1. The topological polar surface area (TPSA) is 55.4 Å². The second-order valence-corrected chi connectivity index (χ2v) is 4.46. The summed E-state index contributed by atoms with van der Waals surface area (Å²) >= 11 is 0. The molecule has 0 aliphatic rings. The van der Waals surface area contributed by atoms with Crippen LogP contribution in [0.2, 0.25) is 0 Å². The quantitative estimate of drug-likeness (QED) is 0.402. The molecule has 0 saturated heterocycles. The van der Waals surface area contributed by atoms with Gasteiger partial charge in [-0.15, -0.1) is 6.58 Å². The van der Waals surface area contributed by atoms with Crippen LogP contribution in [0.3, 0.4) is 0 Å². The molecule has 0 aliphatic carbocycles. The molecule has 0 heterocycles. The number of rotatable bonds is 8. The Bertz CT molecular complexity index is 261. The molecule has 0 unspecified atom stereocenters. The molecule has 4 nitrogen and oxygen atoms in total. The van der Waals surface area contributed by atoms with Crippen LogP contribution >= 0.6 is 0 Å². The molecule has 0 fully saturated rings. The Kier molecular flexibility index (Phi) is 8.11. The Labute approximate surface area is 103 Å². The van der Waals surface area contributed by atoms with Gasteiger partial charge in [-0.3, -0.25) is 4.79 Å². The molecule has 0 radical (unpaired) electrons. The summed E-state index contributed by atoms with van der Waals surface area (Å²) < 4.78 is 4.67. The lowest BCUT2D eigenvalue weighted by Gasteiger charge is -2.16. The van der Waals surface area contributed by atoms with Gasteiger partial charge >= 0.3 is 5.97 Å². The van der Waals surface area contributed by atoms with Crippen molar-refractivity contribution in [3.05, 3.63) is 12.7 Å². The highest BCUT2D eigenvalue weighted by molar-refractivity contribution is 5.84. The Morgan fingerprint density at radius 3 is 2.53 bits per heavy atom. The van der Waals surface area contributed by atoms with Gasteiger partial charge in [0.2, 0.25) is 5.91 Å². The monoisotopic (exact) mass is 241 g/mol. The lowest BCUT2D eigenvalue weighted by Crippen LogP contribution is -2.41. The van der Waals surface area contributed by atoms with Crippen molar-refractivity contribution in [2.75, 3.05) is 7.11 Å². The highest BCUT2D eigenvalue weighted by Crippen LogP contribution is 2.05. The number of allylic oxidation sites excluding steroid dienone is 1. The summed E-state index contributed by atoms with van der Waals surface area (Å²) in [7, 11) is 1.33. The van der Waals surface area contributed by atoms with E-state index in [4.69, 9.17) is 0 Å². The third kappa shape index (κ3) is 7.55. The van der Waals surface area contributed by atoms with E-state index in [9.17, 15) is 9.59 Å². The van der Waals surface area contributed by atoms with Gasteiger partial charge in [-0.05, 0) is 25.2 Å². The summed E-state index contributed by atoms with van der Waals surface area (Å²) in [5.74, 6) is -0.207. The summed E-state index contributed by atoms with van der Waals surface area (Å²) in [5, 5.41) is 2.71. The fourth-order valence-electron chi connectivity index (χ4n) is 1.48. The van der Waals surface area contributed by atoms with Crippen molar-refractivity contribution in [3.8, 4) is 0 Å². The fraction of sp³-hybridized carbons (Fsp3) is 0.692. The van der Waals surface area contributed by atoms with Gasteiger partial charge in [0.25, 0.3) is 0 Å². The van der Waals surface area contributed by atoms with E-state index in [2.05, 4.69) is 16.6 Å². The van der Waals surface area contributed by atoms with Crippen molar-refractivity contribution in [1.29, 1.82) is 0 Å². The van der Waals surface area contributed by atoms with Crippen molar-refractivity contribution in [1.82, 2.24) is 5.32 Å². The van der Waals surface area contributed by atoms with Crippen LogP contribution < -0.4 is 5.32 Å². The molecule has 0 aromatic carbocycles. The number of unbranched alkanes of at least 4 members (excludes halogenated alkanes) is 1. The van der Waals surface area contributed by atoms with E-state index in [-0.39, 0.29) is 17.8 Å². The van der Waals surface area contributed by atoms with E-state index < -0.39 is 6.04 Å². The Balaban J connectivity index is 4.22. The Morgan fingerprint density at radius 2 is 2.06 bits per heavy atom. The van der Waals surface area contributed by atoms with Crippen LogP contribution in [0.5, 0.6) is 0 Å². The van der Waals surface area contributed by atoms with Crippen molar-refractivity contribution in [2.45, 2.75) is 45.6 Å². The molecule has 17 heavy (non-hydrogen) atoms. The summed E-state index contributed by atoms with van der Waals surface area (Å²) in [6, 6.07) is -0.536. The number of methoxy groups -OCH3 is 1. The van der Waals surface area contributed by atoms with Gasteiger partial charge in [0.15, 0.2) is 0 Å². The molecule has 0 saturated carbocycles. The molecule has 1 atom stereocenters. The zero-order valence-corrected chi connectivity index (χ0v) is 11.0.